The maximum Gasteiger partial charge on any atom is 0.305 e. The van der Waals surface area contributed by atoms with E-state index in [1.54, 1.807) is 0 Å². The number of ether oxygens (including phenoxy) is 2. The number of hydrogen-bond acceptors (Lipinski definition) is 5. The van der Waals surface area contributed by atoms with Crippen LogP contribution in [0, 0.1) is 5.92 Å². The van der Waals surface area contributed by atoms with E-state index in [0.29, 0.717) is 6.54 Å². The third kappa shape index (κ3) is 6.44. The molecule has 0 bridgehead atoms. The van der Waals surface area contributed by atoms with Crippen molar-refractivity contribution in [3.05, 3.63) is 22.7 Å². The summed E-state index contributed by atoms with van der Waals surface area (Å²) in [6.45, 7) is 3.93. The molecule has 0 atom stereocenters. The lowest BCUT2D eigenvalue weighted by Gasteiger charge is -2.24. The Hall–Kier alpha value is -2.48. The standard InChI is InChI=1S/C17H23ClN2O6/c1-10(2)8-20(5-4-15(22)23)17(24)11-6-12(18)16(13(7-11)25-3)26-9-14(19)21/h6-7,10H,4-5,8-9H2,1-3H3,(H2,19,21)(H,22,23). The Kier molecular flexibility index (Phi) is 8.18. The number of carboxylic acids is 1. The van der Waals surface area contributed by atoms with Crippen molar-refractivity contribution in [3.63, 3.8) is 0 Å². The molecule has 1 aromatic rings. The van der Waals surface area contributed by atoms with E-state index < -0.39 is 11.9 Å². The van der Waals surface area contributed by atoms with E-state index in [2.05, 4.69) is 0 Å². The number of carbonyl (C=O) groups is 3. The highest BCUT2D eigenvalue weighted by Gasteiger charge is 2.22. The smallest absolute Gasteiger partial charge is 0.305 e. The molecular formula is C17H23ClN2O6. The minimum atomic E-state index is -0.989. The highest BCUT2D eigenvalue weighted by Crippen LogP contribution is 2.36. The molecule has 0 radical (unpaired) electrons. The normalized spacial score (nSPS) is 10.5. The van der Waals surface area contributed by atoms with Gasteiger partial charge in [0.1, 0.15) is 0 Å². The van der Waals surface area contributed by atoms with Gasteiger partial charge in [0, 0.05) is 18.7 Å². The summed E-state index contributed by atoms with van der Waals surface area (Å²) >= 11 is 6.16. The summed E-state index contributed by atoms with van der Waals surface area (Å²) in [4.78, 5) is 36.0. The van der Waals surface area contributed by atoms with Gasteiger partial charge in [0.25, 0.3) is 11.8 Å². The van der Waals surface area contributed by atoms with Crippen LogP contribution in [0.4, 0.5) is 0 Å². The maximum absolute atomic E-state index is 12.8. The number of carboxylic acid groups (broad SMARTS) is 1. The number of carbonyl (C=O) groups excluding carboxylic acids is 2. The van der Waals surface area contributed by atoms with Crippen molar-refractivity contribution >= 4 is 29.4 Å². The van der Waals surface area contributed by atoms with Crippen LogP contribution in [0.2, 0.25) is 5.02 Å². The highest BCUT2D eigenvalue weighted by atomic mass is 35.5. The fourth-order valence-electron chi connectivity index (χ4n) is 2.26. The quantitative estimate of drug-likeness (QED) is 0.632. The summed E-state index contributed by atoms with van der Waals surface area (Å²) < 4.78 is 10.4. The molecule has 0 aliphatic rings. The van der Waals surface area contributed by atoms with Gasteiger partial charge in [-0.05, 0) is 18.1 Å². The van der Waals surface area contributed by atoms with Crippen LogP contribution >= 0.6 is 11.6 Å². The van der Waals surface area contributed by atoms with Crippen LogP contribution in [0.25, 0.3) is 0 Å². The first-order valence-corrected chi connectivity index (χ1v) is 8.33. The summed E-state index contributed by atoms with van der Waals surface area (Å²) in [5.41, 5.74) is 5.27. The first-order valence-electron chi connectivity index (χ1n) is 7.95. The van der Waals surface area contributed by atoms with E-state index in [1.807, 2.05) is 13.8 Å². The van der Waals surface area contributed by atoms with Crippen LogP contribution in [-0.2, 0) is 9.59 Å². The topological polar surface area (TPSA) is 119 Å². The Morgan fingerprint density at radius 1 is 1.31 bits per heavy atom. The third-order valence-electron chi connectivity index (χ3n) is 3.30. The Bertz CT molecular complexity index is 677. The van der Waals surface area contributed by atoms with Gasteiger partial charge in [0.05, 0.1) is 18.6 Å². The molecule has 1 rings (SSSR count). The van der Waals surface area contributed by atoms with Crippen LogP contribution < -0.4 is 15.2 Å². The van der Waals surface area contributed by atoms with Crippen LogP contribution in [-0.4, -0.2) is 54.6 Å². The summed E-state index contributed by atoms with van der Waals surface area (Å²) in [5.74, 6) is -1.61. The predicted molar refractivity (Wildman–Crippen MR) is 95.7 cm³/mol. The lowest BCUT2D eigenvalue weighted by Crippen LogP contribution is -2.36. The molecule has 144 valence electrons. The van der Waals surface area contributed by atoms with Gasteiger partial charge in [0.15, 0.2) is 18.1 Å². The molecule has 0 unspecified atom stereocenters. The number of aliphatic carboxylic acids is 1. The molecule has 26 heavy (non-hydrogen) atoms. The van der Waals surface area contributed by atoms with Gasteiger partial charge in [-0.15, -0.1) is 0 Å². The lowest BCUT2D eigenvalue weighted by molar-refractivity contribution is -0.137. The molecule has 0 aliphatic carbocycles. The second-order valence-corrected chi connectivity index (χ2v) is 6.44. The number of amides is 2. The zero-order chi connectivity index (χ0) is 19.9. The average molecular weight is 387 g/mol. The largest absolute Gasteiger partial charge is 0.493 e. The molecule has 0 saturated carbocycles. The molecule has 2 amide bonds. The van der Waals surface area contributed by atoms with E-state index in [-0.39, 0.29) is 53.5 Å². The Labute approximate surface area is 156 Å². The van der Waals surface area contributed by atoms with Crippen LogP contribution in [0.15, 0.2) is 12.1 Å². The fraction of sp³-hybridized carbons (Fsp3) is 0.471. The SMILES string of the molecule is COc1cc(C(=O)N(CCC(=O)O)CC(C)C)cc(Cl)c1OCC(N)=O. The average Bonchev–Trinajstić information content (AvgIpc) is 2.55. The second kappa shape index (κ2) is 9.86. The van der Waals surface area contributed by atoms with Crippen molar-refractivity contribution in [2.24, 2.45) is 11.7 Å². The molecule has 0 aromatic heterocycles. The first-order chi connectivity index (χ1) is 12.1. The van der Waals surface area contributed by atoms with Gasteiger partial charge in [-0.25, -0.2) is 0 Å². The monoisotopic (exact) mass is 386 g/mol. The Balaban J connectivity index is 3.13. The van der Waals surface area contributed by atoms with Gasteiger partial charge in [-0.2, -0.15) is 0 Å². The van der Waals surface area contributed by atoms with Crippen molar-refractivity contribution in [1.82, 2.24) is 4.90 Å². The first kappa shape index (κ1) is 21.6. The Morgan fingerprint density at radius 3 is 2.46 bits per heavy atom. The van der Waals surface area contributed by atoms with Crippen LogP contribution in [0.1, 0.15) is 30.6 Å². The molecule has 0 saturated heterocycles. The summed E-state index contributed by atoms with van der Waals surface area (Å²) in [6, 6.07) is 2.81. The highest BCUT2D eigenvalue weighted by molar-refractivity contribution is 6.32. The molecule has 0 aliphatic heterocycles. The zero-order valence-electron chi connectivity index (χ0n) is 15.0. The molecule has 0 fully saturated rings. The maximum atomic E-state index is 12.8. The number of nitrogens with zero attached hydrogens (tertiary/aromatic N) is 1. The number of primary amides is 1. The second-order valence-electron chi connectivity index (χ2n) is 6.03. The van der Waals surface area contributed by atoms with E-state index in [9.17, 15) is 14.4 Å². The molecule has 8 nitrogen and oxygen atoms in total. The fourth-order valence-corrected chi connectivity index (χ4v) is 2.52. The number of methoxy groups -OCH3 is 1. The van der Waals surface area contributed by atoms with E-state index >= 15 is 0 Å². The van der Waals surface area contributed by atoms with Gasteiger partial charge >= 0.3 is 5.97 Å². The number of nitrogens with two attached hydrogens (primary N) is 1. The molecule has 0 heterocycles. The van der Waals surface area contributed by atoms with Gasteiger partial charge < -0.3 is 25.2 Å². The van der Waals surface area contributed by atoms with Crippen molar-refractivity contribution in [1.29, 1.82) is 0 Å². The van der Waals surface area contributed by atoms with Crippen LogP contribution in [0.5, 0.6) is 11.5 Å². The molecule has 3 N–H and O–H groups in total. The molecular weight excluding hydrogens is 364 g/mol. The number of halogens is 1. The minimum absolute atomic E-state index is 0.0756. The van der Waals surface area contributed by atoms with Gasteiger partial charge in [-0.3, -0.25) is 14.4 Å². The van der Waals surface area contributed by atoms with Crippen molar-refractivity contribution < 1.29 is 29.0 Å². The van der Waals surface area contributed by atoms with Crippen molar-refractivity contribution in [2.75, 3.05) is 26.8 Å². The minimum Gasteiger partial charge on any atom is -0.493 e. The van der Waals surface area contributed by atoms with Gasteiger partial charge in [0.2, 0.25) is 0 Å². The third-order valence-corrected chi connectivity index (χ3v) is 3.58. The van der Waals surface area contributed by atoms with Gasteiger partial charge in [-0.1, -0.05) is 25.4 Å². The molecule has 1 aromatic carbocycles. The molecule has 9 heteroatoms. The summed E-state index contributed by atoms with van der Waals surface area (Å²) in [7, 11) is 1.37. The number of hydrogen-bond donors (Lipinski definition) is 2. The zero-order valence-corrected chi connectivity index (χ0v) is 15.7. The Morgan fingerprint density at radius 2 is 1.96 bits per heavy atom. The van der Waals surface area contributed by atoms with E-state index in [0.717, 1.165) is 0 Å². The van der Waals surface area contributed by atoms with Crippen molar-refractivity contribution in [3.8, 4) is 11.5 Å². The summed E-state index contributed by atoms with van der Waals surface area (Å²) in [5, 5.41) is 8.96. The van der Waals surface area contributed by atoms with Crippen LogP contribution in [0.3, 0.4) is 0 Å². The van der Waals surface area contributed by atoms with Crippen molar-refractivity contribution in [2.45, 2.75) is 20.3 Å². The molecule has 0 spiro atoms. The number of benzene rings is 1. The number of rotatable bonds is 10. The van der Waals surface area contributed by atoms with E-state index in [1.165, 1.54) is 24.1 Å². The summed E-state index contributed by atoms with van der Waals surface area (Å²) in [6.07, 6.45) is -0.164. The predicted octanol–water partition coefficient (Wildman–Crippen LogP) is 1.79. The van der Waals surface area contributed by atoms with E-state index in [4.69, 9.17) is 31.9 Å². The lowest BCUT2D eigenvalue weighted by atomic mass is 10.1.